The van der Waals surface area contributed by atoms with Crippen LogP contribution >= 0.6 is 0 Å². The number of carbonyl (C=O) groups excluding carboxylic acids is 2. The summed E-state index contributed by atoms with van der Waals surface area (Å²) in [4.78, 5) is 29.6. The highest BCUT2D eigenvalue weighted by atomic mass is 16.2. The first-order valence-electron chi connectivity index (χ1n) is 7.87. The van der Waals surface area contributed by atoms with Gasteiger partial charge in [-0.05, 0) is 12.8 Å². The molecule has 0 aromatic rings. The van der Waals surface area contributed by atoms with Crippen LogP contribution in [-0.2, 0) is 4.79 Å². The lowest BCUT2D eigenvalue weighted by Gasteiger charge is -2.43. The molecular weight excluding hydrogens is 268 g/mol. The van der Waals surface area contributed by atoms with Gasteiger partial charge in [-0.3, -0.25) is 9.69 Å². The Morgan fingerprint density at radius 2 is 1.43 bits per heavy atom. The van der Waals surface area contributed by atoms with Crippen LogP contribution in [0.5, 0.6) is 0 Å². The zero-order valence-electron chi connectivity index (χ0n) is 13.5. The summed E-state index contributed by atoms with van der Waals surface area (Å²) < 4.78 is 0. The maximum atomic E-state index is 12.3. The monoisotopic (exact) mass is 296 g/mol. The van der Waals surface area contributed by atoms with Gasteiger partial charge in [0.05, 0.1) is 0 Å². The minimum absolute atomic E-state index is 0.250. The van der Waals surface area contributed by atoms with Crippen molar-refractivity contribution in [2.75, 3.05) is 39.3 Å². The van der Waals surface area contributed by atoms with Gasteiger partial charge in [0, 0.05) is 50.7 Å². The molecule has 0 bridgehead atoms. The second-order valence-electron chi connectivity index (χ2n) is 7.13. The van der Waals surface area contributed by atoms with Crippen molar-refractivity contribution in [1.29, 1.82) is 0 Å². The molecule has 2 saturated heterocycles. The number of likely N-dealkylation sites (tertiary alicyclic amines) is 1. The molecule has 0 aliphatic carbocycles. The number of nitrogens with two attached hydrogens (primary N) is 1. The lowest BCUT2D eigenvalue weighted by molar-refractivity contribution is -0.141. The Kier molecular flexibility index (Phi) is 4.76. The van der Waals surface area contributed by atoms with Crippen molar-refractivity contribution in [2.45, 2.75) is 39.7 Å². The number of hydrogen-bond acceptors (Lipinski definition) is 3. The van der Waals surface area contributed by atoms with Gasteiger partial charge in [-0.25, -0.2) is 4.79 Å². The van der Waals surface area contributed by atoms with E-state index < -0.39 is 0 Å². The average Bonchev–Trinajstić information content (AvgIpc) is 2.46. The standard InChI is InChI=1S/C15H28N4O2/c1-15(2,3)13(20)18-6-4-12(5-7-18)17-8-10-19(11-9-17)14(16)21/h12H,4-11H2,1-3H3,(H2,16,21). The quantitative estimate of drug-likeness (QED) is 0.775. The lowest BCUT2D eigenvalue weighted by Crippen LogP contribution is -2.56. The fourth-order valence-corrected chi connectivity index (χ4v) is 3.22. The Morgan fingerprint density at radius 1 is 0.905 bits per heavy atom. The van der Waals surface area contributed by atoms with Crippen LogP contribution in [0.15, 0.2) is 0 Å². The van der Waals surface area contributed by atoms with Crippen molar-refractivity contribution in [3.05, 3.63) is 0 Å². The number of primary amides is 1. The smallest absolute Gasteiger partial charge is 0.314 e. The van der Waals surface area contributed by atoms with Crippen LogP contribution in [0, 0.1) is 5.41 Å². The highest BCUT2D eigenvalue weighted by molar-refractivity contribution is 5.81. The minimum Gasteiger partial charge on any atom is -0.351 e. The molecule has 0 atom stereocenters. The van der Waals surface area contributed by atoms with Crippen molar-refractivity contribution in [1.82, 2.24) is 14.7 Å². The number of nitrogens with zero attached hydrogens (tertiary/aromatic N) is 3. The summed E-state index contributed by atoms with van der Waals surface area (Å²) in [6.07, 6.45) is 2.05. The summed E-state index contributed by atoms with van der Waals surface area (Å²) in [5.41, 5.74) is 5.02. The Morgan fingerprint density at radius 3 is 1.86 bits per heavy atom. The summed E-state index contributed by atoms with van der Waals surface area (Å²) in [5.74, 6) is 0.250. The highest BCUT2D eigenvalue weighted by Gasteiger charge is 2.33. The minimum atomic E-state index is -0.319. The van der Waals surface area contributed by atoms with Gasteiger partial charge in [-0.1, -0.05) is 20.8 Å². The molecule has 2 aliphatic heterocycles. The molecule has 2 heterocycles. The molecule has 0 radical (unpaired) electrons. The van der Waals surface area contributed by atoms with Crippen molar-refractivity contribution in [2.24, 2.45) is 11.1 Å². The molecule has 120 valence electrons. The van der Waals surface area contributed by atoms with Gasteiger partial charge in [0.2, 0.25) is 5.91 Å². The molecule has 0 spiro atoms. The molecule has 3 amide bonds. The second kappa shape index (κ2) is 6.22. The molecule has 0 aromatic carbocycles. The third-order valence-electron chi connectivity index (χ3n) is 4.54. The predicted octanol–water partition coefficient (Wildman–Crippen LogP) is 0.720. The molecule has 6 nitrogen and oxygen atoms in total. The van der Waals surface area contributed by atoms with Crippen molar-refractivity contribution >= 4 is 11.9 Å². The van der Waals surface area contributed by atoms with E-state index in [4.69, 9.17) is 5.73 Å². The first kappa shape index (κ1) is 16.1. The largest absolute Gasteiger partial charge is 0.351 e. The SMILES string of the molecule is CC(C)(C)C(=O)N1CCC(N2CCN(C(N)=O)CC2)CC1. The van der Waals surface area contributed by atoms with Crippen LogP contribution in [0.4, 0.5) is 4.79 Å². The van der Waals surface area contributed by atoms with Crippen LogP contribution in [0.3, 0.4) is 0 Å². The third kappa shape index (κ3) is 3.87. The maximum absolute atomic E-state index is 12.3. The first-order valence-corrected chi connectivity index (χ1v) is 7.87. The average molecular weight is 296 g/mol. The summed E-state index contributed by atoms with van der Waals surface area (Å²) in [5, 5.41) is 0. The van der Waals surface area contributed by atoms with Gasteiger partial charge in [-0.2, -0.15) is 0 Å². The summed E-state index contributed by atoms with van der Waals surface area (Å²) in [6, 6.07) is 0.212. The topological polar surface area (TPSA) is 69.9 Å². The van der Waals surface area contributed by atoms with E-state index in [1.54, 1.807) is 4.90 Å². The summed E-state index contributed by atoms with van der Waals surface area (Å²) in [6.45, 7) is 10.8. The normalized spacial score (nSPS) is 22.4. The maximum Gasteiger partial charge on any atom is 0.314 e. The van der Waals surface area contributed by atoms with Crippen LogP contribution in [0.2, 0.25) is 0 Å². The molecule has 2 N–H and O–H groups in total. The van der Waals surface area contributed by atoms with Crippen LogP contribution in [-0.4, -0.2) is 71.9 Å². The molecule has 2 aliphatic rings. The molecule has 2 fully saturated rings. The summed E-state index contributed by atoms with van der Waals surface area (Å²) >= 11 is 0. The number of urea groups is 1. The van der Waals surface area contributed by atoms with E-state index in [9.17, 15) is 9.59 Å². The number of hydrogen-bond donors (Lipinski definition) is 1. The summed E-state index contributed by atoms with van der Waals surface area (Å²) in [7, 11) is 0. The number of piperazine rings is 1. The van der Waals surface area contributed by atoms with Crippen LogP contribution < -0.4 is 5.73 Å². The lowest BCUT2D eigenvalue weighted by atomic mass is 9.92. The van der Waals surface area contributed by atoms with E-state index in [0.29, 0.717) is 6.04 Å². The Bertz CT molecular complexity index is 389. The van der Waals surface area contributed by atoms with Crippen molar-refractivity contribution in [3.8, 4) is 0 Å². The van der Waals surface area contributed by atoms with E-state index in [1.807, 2.05) is 25.7 Å². The van der Waals surface area contributed by atoms with Gasteiger partial charge in [0.25, 0.3) is 0 Å². The van der Waals surface area contributed by atoms with E-state index in [2.05, 4.69) is 4.90 Å². The second-order valence-corrected chi connectivity index (χ2v) is 7.13. The molecule has 6 heteroatoms. The van der Waals surface area contributed by atoms with Gasteiger partial charge in [0.15, 0.2) is 0 Å². The zero-order chi connectivity index (χ0) is 15.6. The number of rotatable bonds is 1. The van der Waals surface area contributed by atoms with Gasteiger partial charge in [0.1, 0.15) is 0 Å². The number of carbonyl (C=O) groups is 2. The van der Waals surface area contributed by atoms with E-state index >= 15 is 0 Å². The first-order chi connectivity index (χ1) is 9.79. The fraction of sp³-hybridized carbons (Fsp3) is 0.867. The Balaban J connectivity index is 1.80. The predicted molar refractivity (Wildman–Crippen MR) is 81.8 cm³/mol. The third-order valence-corrected chi connectivity index (χ3v) is 4.54. The highest BCUT2D eigenvalue weighted by Crippen LogP contribution is 2.23. The molecule has 0 unspecified atom stereocenters. The molecular formula is C15H28N4O2. The van der Waals surface area contributed by atoms with Crippen LogP contribution in [0.25, 0.3) is 0 Å². The van der Waals surface area contributed by atoms with E-state index in [0.717, 1.165) is 52.1 Å². The number of amides is 3. The molecule has 0 aromatic heterocycles. The fourth-order valence-electron chi connectivity index (χ4n) is 3.22. The zero-order valence-corrected chi connectivity index (χ0v) is 13.5. The Hall–Kier alpha value is -1.30. The van der Waals surface area contributed by atoms with Crippen molar-refractivity contribution < 1.29 is 9.59 Å². The van der Waals surface area contributed by atoms with Gasteiger partial charge >= 0.3 is 6.03 Å². The van der Waals surface area contributed by atoms with Gasteiger partial charge < -0.3 is 15.5 Å². The van der Waals surface area contributed by atoms with Crippen molar-refractivity contribution in [3.63, 3.8) is 0 Å². The van der Waals surface area contributed by atoms with Crippen LogP contribution in [0.1, 0.15) is 33.6 Å². The molecule has 2 rings (SSSR count). The number of piperidine rings is 1. The molecule has 0 saturated carbocycles. The van der Waals surface area contributed by atoms with E-state index in [1.165, 1.54) is 0 Å². The Labute approximate surface area is 127 Å². The van der Waals surface area contributed by atoms with Gasteiger partial charge in [-0.15, -0.1) is 0 Å². The van der Waals surface area contributed by atoms with E-state index in [-0.39, 0.29) is 17.4 Å². The molecule has 21 heavy (non-hydrogen) atoms.